The highest BCUT2D eigenvalue weighted by Gasteiger charge is 2.34. The molecule has 0 amide bonds. The maximum absolute atomic E-state index is 10.9. The van der Waals surface area contributed by atoms with Crippen molar-refractivity contribution in [1.29, 1.82) is 0 Å². The normalized spacial score (nSPS) is 18.1. The van der Waals surface area contributed by atoms with Crippen molar-refractivity contribution in [3.05, 3.63) is 0 Å². The van der Waals surface area contributed by atoms with Crippen molar-refractivity contribution < 1.29 is 8.42 Å². The van der Waals surface area contributed by atoms with Gasteiger partial charge in [-0.1, -0.05) is 13.3 Å². The summed E-state index contributed by atoms with van der Waals surface area (Å²) in [5.74, 6) is 0.830. The van der Waals surface area contributed by atoms with Crippen molar-refractivity contribution in [1.82, 2.24) is 15.4 Å². The molecular formula is C14H30N4O2S. The van der Waals surface area contributed by atoms with E-state index in [1.165, 1.54) is 31.9 Å². The van der Waals surface area contributed by atoms with Crippen LogP contribution in [0.3, 0.4) is 0 Å². The molecule has 124 valence electrons. The summed E-state index contributed by atoms with van der Waals surface area (Å²) in [4.78, 5) is 4.68. The molecule has 21 heavy (non-hydrogen) atoms. The Bertz CT molecular complexity index is 425. The second kappa shape index (κ2) is 8.58. The zero-order chi connectivity index (χ0) is 15.8. The van der Waals surface area contributed by atoms with Gasteiger partial charge in [-0.2, -0.15) is 0 Å². The van der Waals surface area contributed by atoms with Crippen LogP contribution in [0.5, 0.6) is 0 Å². The number of rotatable bonds is 9. The van der Waals surface area contributed by atoms with Crippen molar-refractivity contribution in [2.24, 2.45) is 10.4 Å². The molecule has 0 aromatic heterocycles. The topological polar surface area (TPSA) is 82.6 Å². The minimum Gasteiger partial charge on any atom is -0.357 e. The number of nitrogens with zero attached hydrogens (tertiary/aromatic N) is 1. The van der Waals surface area contributed by atoms with Gasteiger partial charge in [-0.05, 0) is 38.0 Å². The SMILES string of the molecule is CCNC(=NCC1(CC)CCC1)NCCCNS(C)(=O)=O. The fourth-order valence-electron chi connectivity index (χ4n) is 2.44. The summed E-state index contributed by atoms with van der Waals surface area (Å²) in [6.07, 6.45) is 6.99. The Hall–Kier alpha value is -0.820. The van der Waals surface area contributed by atoms with Crippen LogP contribution < -0.4 is 15.4 Å². The molecule has 0 heterocycles. The van der Waals surface area contributed by atoms with Crippen LogP contribution in [0.25, 0.3) is 0 Å². The molecule has 0 saturated heterocycles. The quantitative estimate of drug-likeness (QED) is 0.337. The third-order valence-electron chi connectivity index (χ3n) is 4.09. The van der Waals surface area contributed by atoms with E-state index in [0.29, 0.717) is 18.5 Å². The Morgan fingerprint density at radius 3 is 2.38 bits per heavy atom. The standard InChI is InChI=1S/C14H30N4O2S/c1-4-14(8-6-9-14)12-17-13(15-5-2)16-10-7-11-18-21(3,19)20/h18H,4-12H2,1-3H3,(H2,15,16,17). The maximum atomic E-state index is 10.9. The number of hydrogen-bond acceptors (Lipinski definition) is 3. The summed E-state index contributed by atoms with van der Waals surface area (Å²) < 4.78 is 24.4. The molecule has 1 fully saturated rings. The largest absolute Gasteiger partial charge is 0.357 e. The Labute approximate surface area is 129 Å². The number of nitrogens with one attached hydrogen (secondary N) is 3. The van der Waals surface area contributed by atoms with Crippen molar-refractivity contribution in [3.8, 4) is 0 Å². The lowest BCUT2D eigenvalue weighted by Gasteiger charge is -2.40. The molecule has 0 atom stereocenters. The Kier molecular flexibility index (Phi) is 7.45. The molecular weight excluding hydrogens is 288 g/mol. The lowest BCUT2D eigenvalue weighted by atomic mass is 9.67. The van der Waals surface area contributed by atoms with E-state index in [1.807, 2.05) is 6.92 Å². The fourth-order valence-corrected chi connectivity index (χ4v) is 2.96. The zero-order valence-electron chi connectivity index (χ0n) is 13.5. The second-order valence-electron chi connectivity index (χ2n) is 5.85. The fraction of sp³-hybridized carbons (Fsp3) is 0.929. The first-order valence-electron chi connectivity index (χ1n) is 7.87. The second-order valence-corrected chi connectivity index (χ2v) is 7.68. The molecule has 0 bridgehead atoms. The van der Waals surface area contributed by atoms with Crippen LogP contribution in [-0.4, -0.2) is 46.8 Å². The lowest BCUT2D eigenvalue weighted by molar-refractivity contribution is 0.139. The monoisotopic (exact) mass is 318 g/mol. The predicted octanol–water partition coefficient (Wildman–Crippen LogP) is 1.06. The predicted molar refractivity (Wildman–Crippen MR) is 88.0 cm³/mol. The van der Waals surface area contributed by atoms with E-state index in [2.05, 4.69) is 27.3 Å². The van der Waals surface area contributed by atoms with Gasteiger partial charge >= 0.3 is 0 Å². The first-order chi connectivity index (χ1) is 9.91. The highest BCUT2D eigenvalue weighted by atomic mass is 32.2. The van der Waals surface area contributed by atoms with E-state index >= 15 is 0 Å². The number of hydrogen-bond donors (Lipinski definition) is 3. The third kappa shape index (κ3) is 7.13. The smallest absolute Gasteiger partial charge is 0.208 e. The molecule has 0 radical (unpaired) electrons. The molecule has 7 heteroatoms. The van der Waals surface area contributed by atoms with Gasteiger partial charge < -0.3 is 10.6 Å². The van der Waals surface area contributed by atoms with Gasteiger partial charge in [-0.25, -0.2) is 13.1 Å². The van der Waals surface area contributed by atoms with E-state index in [4.69, 9.17) is 0 Å². The molecule has 1 aliphatic rings. The Morgan fingerprint density at radius 1 is 1.19 bits per heavy atom. The molecule has 0 aromatic rings. The van der Waals surface area contributed by atoms with Crippen molar-refractivity contribution in [2.75, 3.05) is 32.4 Å². The molecule has 1 rings (SSSR count). The van der Waals surface area contributed by atoms with Gasteiger partial charge in [0.15, 0.2) is 5.96 Å². The Balaban J connectivity index is 2.32. The summed E-state index contributed by atoms with van der Waals surface area (Å²) in [6.45, 7) is 7.14. The van der Waals surface area contributed by atoms with Crippen molar-refractivity contribution >= 4 is 16.0 Å². The van der Waals surface area contributed by atoms with E-state index in [0.717, 1.165) is 25.5 Å². The summed E-state index contributed by atoms with van der Waals surface area (Å²) in [7, 11) is -3.09. The summed E-state index contributed by atoms with van der Waals surface area (Å²) in [5.41, 5.74) is 0.417. The maximum Gasteiger partial charge on any atom is 0.208 e. The first-order valence-corrected chi connectivity index (χ1v) is 9.77. The molecule has 0 aromatic carbocycles. The van der Waals surface area contributed by atoms with E-state index in [1.54, 1.807) is 0 Å². The lowest BCUT2D eigenvalue weighted by Crippen LogP contribution is -2.40. The molecule has 6 nitrogen and oxygen atoms in total. The first kappa shape index (κ1) is 18.2. The van der Waals surface area contributed by atoms with Crippen LogP contribution in [0, 0.1) is 5.41 Å². The molecule has 3 N–H and O–H groups in total. The molecule has 0 aliphatic heterocycles. The van der Waals surface area contributed by atoms with Gasteiger partial charge in [-0.3, -0.25) is 4.99 Å². The third-order valence-corrected chi connectivity index (χ3v) is 4.82. The molecule has 0 spiro atoms. The van der Waals surface area contributed by atoms with Crippen LogP contribution >= 0.6 is 0 Å². The number of aliphatic imine (C=N–C) groups is 1. The average Bonchev–Trinajstić information content (AvgIpc) is 2.36. The van der Waals surface area contributed by atoms with Gasteiger partial charge in [0.2, 0.25) is 10.0 Å². The average molecular weight is 318 g/mol. The summed E-state index contributed by atoms with van der Waals surface area (Å²) >= 11 is 0. The van der Waals surface area contributed by atoms with Crippen LogP contribution in [0.15, 0.2) is 4.99 Å². The molecule has 1 aliphatic carbocycles. The highest BCUT2D eigenvalue weighted by molar-refractivity contribution is 7.88. The van der Waals surface area contributed by atoms with E-state index in [9.17, 15) is 8.42 Å². The zero-order valence-corrected chi connectivity index (χ0v) is 14.4. The van der Waals surface area contributed by atoms with E-state index < -0.39 is 10.0 Å². The minimum absolute atomic E-state index is 0.417. The van der Waals surface area contributed by atoms with Gasteiger partial charge in [0.25, 0.3) is 0 Å². The van der Waals surface area contributed by atoms with Crippen molar-refractivity contribution in [3.63, 3.8) is 0 Å². The Morgan fingerprint density at radius 2 is 1.90 bits per heavy atom. The molecule has 0 unspecified atom stereocenters. The summed E-state index contributed by atoms with van der Waals surface area (Å²) in [5, 5.41) is 6.49. The van der Waals surface area contributed by atoms with Gasteiger partial charge in [0, 0.05) is 26.2 Å². The van der Waals surface area contributed by atoms with Crippen molar-refractivity contribution in [2.45, 2.75) is 46.0 Å². The minimum atomic E-state index is -3.09. The van der Waals surface area contributed by atoms with Gasteiger partial charge in [0.05, 0.1) is 6.26 Å². The van der Waals surface area contributed by atoms with E-state index in [-0.39, 0.29) is 0 Å². The highest BCUT2D eigenvalue weighted by Crippen LogP contribution is 2.43. The number of sulfonamides is 1. The van der Waals surface area contributed by atoms with Gasteiger partial charge in [-0.15, -0.1) is 0 Å². The summed E-state index contributed by atoms with van der Waals surface area (Å²) in [6, 6.07) is 0. The van der Waals surface area contributed by atoms with Gasteiger partial charge in [0.1, 0.15) is 0 Å². The van der Waals surface area contributed by atoms with Crippen LogP contribution in [0.4, 0.5) is 0 Å². The number of guanidine groups is 1. The van der Waals surface area contributed by atoms with Crippen LogP contribution in [0.1, 0.15) is 46.0 Å². The molecule has 1 saturated carbocycles. The van der Waals surface area contributed by atoms with Crippen LogP contribution in [-0.2, 0) is 10.0 Å². The van der Waals surface area contributed by atoms with Crippen LogP contribution in [0.2, 0.25) is 0 Å².